The van der Waals surface area contributed by atoms with Crippen molar-refractivity contribution in [1.82, 2.24) is 0 Å². The van der Waals surface area contributed by atoms with Gasteiger partial charge in [-0.05, 0) is 18.4 Å². The predicted molar refractivity (Wildman–Crippen MR) is 51.8 cm³/mol. The third kappa shape index (κ3) is 6.01. The lowest BCUT2D eigenvalue weighted by Crippen LogP contribution is -1.81. The van der Waals surface area contributed by atoms with Crippen LogP contribution < -0.4 is 0 Å². The highest BCUT2D eigenvalue weighted by atomic mass is 35.5. The zero-order valence-corrected chi connectivity index (χ0v) is 7.82. The summed E-state index contributed by atoms with van der Waals surface area (Å²) in [6.45, 7) is 2.18. The highest BCUT2D eigenvalue weighted by Crippen LogP contribution is 2.07. The minimum atomic E-state index is 0.533. The number of allylic oxidation sites excluding steroid dienone is 2. The Morgan fingerprint density at radius 2 is 2.27 bits per heavy atom. The number of rotatable bonds is 5. The quantitative estimate of drug-likeness (QED) is 0.337. The van der Waals surface area contributed by atoms with E-state index in [2.05, 4.69) is 12.8 Å². The maximum Gasteiger partial charge on any atom is 0.0415 e. The summed E-state index contributed by atoms with van der Waals surface area (Å²) in [7, 11) is 0. The van der Waals surface area contributed by atoms with Gasteiger partial charge in [0, 0.05) is 5.88 Å². The fourth-order valence-corrected chi connectivity index (χ4v) is 1.08. The number of hydrogen-bond acceptors (Lipinski definition) is 0. The molecule has 0 fully saturated rings. The average molecular weight is 171 g/mol. The van der Waals surface area contributed by atoms with Crippen LogP contribution >= 0.6 is 11.6 Å². The lowest BCUT2D eigenvalue weighted by Gasteiger charge is -1.97. The van der Waals surface area contributed by atoms with Gasteiger partial charge in [-0.3, -0.25) is 0 Å². The van der Waals surface area contributed by atoms with Gasteiger partial charge in [-0.1, -0.05) is 31.8 Å². The second-order valence-corrected chi connectivity index (χ2v) is 2.79. The molecule has 1 heteroatoms. The van der Waals surface area contributed by atoms with Crippen LogP contribution in [-0.4, -0.2) is 5.88 Å². The first kappa shape index (κ1) is 10.6. The van der Waals surface area contributed by atoms with Crippen LogP contribution in [0.4, 0.5) is 0 Å². The molecule has 0 saturated heterocycles. The van der Waals surface area contributed by atoms with Gasteiger partial charge in [-0.15, -0.1) is 18.0 Å². The second kappa shape index (κ2) is 7.69. The lowest BCUT2D eigenvalue weighted by molar-refractivity contribution is 0.721. The molecule has 62 valence electrons. The van der Waals surface area contributed by atoms with Crippen molar-refractivity contribution in [2.75, 3.05) is 5.88 Å². The van der Waals surface area contributed by atoms with Crippen LogP contribution in [0.15, 0.2) is 11.6 Å². The number of terminal acetylenes is 1. The highest BCUT2D eigenvalue weighted by Gasteiger charge is 1.91. The summed E-state index contributed by atoms with van der Waals surface area (Å²) in [5.41, 5.74) is 1.05. The standard InChI is InChI=1S/C10H15Cl/c1-3-5-6-7-10(4-2)8-9-11/h2,8H,3,5-7,9H2,1H3. The van der Waals surface area contributed by atoms with Crippen molar-refractivity contribution in [3.8, 4) is 12.3 Å². The van der Waals surface area contributed by atoms with Gasteiger partial charge in [-0.25, -0.2) is 0 Å². The number of hydrogen-bond donors (Lipinski definition) is 0. The van der Waals surface area contributed by atoms with Crippen molar-refractivity contribution >= 4 is 11.6 Å². The Morgan fingerprint density at radius 3 is 2.73 bits per heavy atom. The number of alkyl halides is 1. The summed E-state index contributed by atoms with van der Waals surface area (Å²) in [5.74, 6) is 3.17. The molecule has 0 unspecified atom stereocenters. The third-order valence-corrected chi connectivity index (χ3v) is 1.71. The molecule has 0 aliphatic rings. The molecule has 0 aromatic heterocycles. The predicted octanol–water partition coefficient (Wildman–Crippen LogP) is 3.37. The van der Waals surface area contributed by atoms with Gasteiger partial charge >= 0.3 is 0 Å². The molecule has 0 aromatic rings. The normalized spacial score (nSPS) is 11.2. The summed E-state index contributed by atoms with van der Waals surface area (Å²) >= 11 is 5.52. The molecule has 0 rings (SSSR count). The van der Waals surface area contributed by atoms with E-state index >= 15 is 0 Å². The van der Waals surface area contributed by atoms with Crippen molar-refractivity contribution in [1.29, 1.82) is 0 Å². The van der Waals surface area contributed by atoms with E-state index < -0.39 is 0 Å². The van der Waals surface area contributed by atoms with Gasteiger partial charge < -0.3 is 0 Å². The van der Waals surface area contributed by atoms with Crippen molar-refractivity contribution in [2.45, 2.75) is 32.6 Å². The SMILES string of the molecule is C#CC(=CCCl)CCCCC. The Labute approximate surface area is 74.6 Å². The Bertz CT molecular complexity index is 151. The molecule has 0 aromatic carbocycles. The van der Waals surface area contributed by atoms with Crippen molar-refractivity contribution in [3.05, 3.63) is 11.6 Å². The van der Waals surface area contributed by atoms with Crippen LogP contribution in [0.3, 0.4) is 0 Å². The molecule has 0 bridgehead atoms. The van der Waals surface area contributed by atoms with Crippen LogP contribution in [0.25, 0.3) is 0 Å². The molecule has 0 nitrogen and oxygen atoms in total. The smallest absolute Gasteiger partial charge is 0.0415 e. The van der Waals surface area contributed by atoms with Gasteiger partial charge in [0.15, 0.2) is 0 Å². The maximum absolute atomic E-state index is 5.52. The Kier molecular flexibility index (Phi) is 7.41. The molecule has 0 saturated carbocycles. The molecule has 0 spiro atoms. The van der Waals surface area contributed by atoms with Gasteiger partial charge in [0.25, 0.3) is 0 Å². The average Bonchev–Trinajstić information content (AvgIpc) is 2.03. The van der Waals surface area contributed by atoms with E-state index in [4.69, 9.17) is 18.0 Å². The molecular formula is C10H15Cl. The Hall–Kier alpha value is -0.410. The van der Waals surface area contributed by atoms with Gasteiger partial charge in [-0.2, -0.15) is 0 Å². The molecule has 0 aliphatic carbocycles. The van der Waals surface area contributed by atoms with Crippen LogP contribution in [0, 0.1) is 12.3 Å². The molecule has 0 radical (unpaired) electrons. The molecule has 0 atom stereocenters. The lowest BCUT2D eigenvalue weighted by atomic mass is 10.1. The van der Waals surface area contributed by atoms with Crippen LogP contribution in [0.1, 0.15) is 32.6 Å². The van der Waals surface area contributed by atoms with Crippen LogP contribution in [-0.2, 0) is 0 Å². The molecule has 0 N–H and O–H groups in total. The monoisotopic (exact) mass is 170 g/mol. The summed E-state index contributed by atoms with van der Waals surface area (Å²) in [5, 5.41) is 0. The van der Waals surface area contributed by atoms with E-state index in [1.807, 2.05) is 6.08 Å². The molecule has 0 amide bonds. The van der Waals surface area contributed by atoms with E-state index in [9.17, 15) is 0 Å². The van der Waals surface area contributed by atoms with Gasteiger partial charge in [0.2, 0.25) is 0 Å². The third-order valence-electron chi connectivity index (χ3n) is 1.56. The number of unbranched alkanes of at least 4 members (excludes halogenated alkanes) is 2. The molecular weight excluding hydrogens is 156 g/mol. The second-order valence-electron chi connectivity index (χ2n) is 2.49. The highest BCUT2D eigenvalue weighted by molar-refractivity contribution is 6.19. The maximum atomic E-state index is 5.52. The van der Waals surface area contributed by atoms with Gasteiger partial charge in [0.05, 0.1) is 0 Å². The zero-order valence-electron chi connectivity index (χ0n) is 7.07. The molecule has 0 heterocycles. The van der Waals surface area contributed by atoms with Crippen LogP contribution in [0.5, 0.6) is 0 Å². The zero-order chi connectivity index (χ0) is 8.53. The van der Waals surface area contributed by atoms with E-state index in [-0.39, 0.29) is 0 Å². The summed E-state index contributed by atoms with van der Waals surface area (Å²) in [4.78, 5) is 0. The first-order chi connectivity index (χ1) is 5.35. The summed E-state index contributed by atoms with van der Waals surface area (Å²) < 4.78 is 0. The van der Waals surface area contributed by atoms with Crippen molar-refractivity contribution < 1.29 is 0 Å². The van der Waals surface area contributed by atoms with E-state index in [0.717, 1.165) is 12.0 Å². The van der Waals surface area contributed by atoms with Crippen molar-refractivity contribution in [2.24, 2.45) is 0 Å². The molecule has 11 heavy (non-hydrogen) atoms. The topological polar surface area (TPSA) is 0 Å². The number of halogens is 1. The first-order valence-corrected chi connectivity index (χ1v) is 4.60. The Balaban J connectivity index is 3.55. The minimum Gasteiger partial charge on any atom is -0.122 e. The largest absolute Gasteiger partial charge is 0.122 e. The summed E-state index contributed by atoms with van der Waals surface area (Å²) in [6.07, 6.45) is 11.9. The first-order valence-electron chi connectivity index (χ1n) is 4.06. The van der Waals surface area contributed by atoms with E-state index in [0.29, 0.717) is 5.88 Å². The van der Waals surface area contributed by atoms with Gasteiger partial charge in [0.1, 0.15) is 0 Å². The molecule has 0 aliphatic heterocycles. The summed E-state index contributed by atoms with van der Waals surface area (Å²) in [6, 6.07) is 0. The van der Waals surface area contributed by atoms with E-state index in [1.54, 1.807) is 0 Å². The Morgan fingerprint density at radius 1 is 1.55 bits per heavy atom. The van der Waals surface area contributed by atoms with Crippen molar-refractivity contribution in [3.63, 3.8) is 0 Å². The fraction of sp³-hybridized carbons (Fsp3) is 0.600. The van der Waals surface area contributed by atoms with E-state index in [1.165, 1.54) is 19.3 Å². The van der Waals surface area contributed by atoms with Crippen LogP contribution in [0.2, 0.25) is 0 Å². The minimum absolute atomic E-state index is 0.533. The fourth-order valence-electron chi connectivity index (χ4n) is 0.892.